The topological polar surface area (TPSA) is 52.6 Å². The van der Waals surface area contributed by atoms with Gasteiger partial charge >= 0.3 is 11.9 Å². The molecule has 3 fully saturated rings. The summed E-state index contributed by atoms with van der Waals surface area (Å²) in [6.07, 6.45) is 2.53. The molecule has 118 valence electrons. The molecule has 1 aliphatic heterocycles. The van der Waals surface area contributed by atoms with Crippen LogP contribution in [0.1, 0.15) is 47.0 Å². The normalized spacial score (nSPS) is 42.3. The monoisotopic (exact) mass is 406 g/mol. The molecule has 6 unspecified atom stereocenters. The van der Waals surface area contributed by atoms with Crippen molar-refractivity contribution in [2.24, 2.45) is 23.7 Å². The van der Waals surface area contributed by atoms with Crippen molar-refractivity contribution in [3.05, 3.63) is 0 Å². The van der Waals surface area contributed by atoms with Crippen molar-refractivity contribution in [1.29, 1.82) is 0 Å². The van der Waals surface area contributed by atoms with E-state index in [1.807, 2.05) is 27.7 Å². The standard InChI is InChI=1S/C16H23IO4/c1-5-16(4,17)14(19)20-10-7-8-6-9(10)12-11(8)13(18)21-15(12,2)3/h8-12H,5-7H2,1-4H3. The summed E-state index contributed by atoms with van der Waals surface area (Å²) in [5.41, 5.74) is -0.426. The largest absolute Gasteiger partial charge is 0.461 e. The lowest BCUT2D eigenvalue weighted by Crippen LogP contribution is -2.43. The van der Waals surface area contributed by atoms with Crippen LogP contribution in [0.15, 0.2) is 0 Å². The van der Waals surface area contributed by atoms with E-state index in [4.69, 9.17) is 9.47 Å². The first-order valence-corrected chi connectivity index (χ1v) is 8.88. The number of cyclic esters (lactones) is 1. The van der Waals surface area contributed by atoms with Crippen LogP contribution in [-0.4, -0.2) is 27.1 Å². The van der Waals surface area contributed by atoms with Crippen LogP contribution in [0.5, 0.6) is 0 Å². The molecule has 4 nitrogen and oxygen atoms in total. The summed E-state index contributed by atoms with van der Waals surface area (Å²) in [6, 6.07) is 0. The van der Waals surface area contributed by atoms with Crippen molar-refractivity contribution in [2.45, 2.75) is 62.1 Å². The SMILES string of the molecule is CCC(C)(I)C(=O)OC1CC2CC1C1C2C(=O)OC1(C)C. The van der Waals surface area contributed by atoms with Gasteiger partial charge in [-0.2, -0.15) is 0 Å². The van der Waals surface area contributed by atoms with E-state index in [-0.39, 0.29) is 35.8 Å². The van der Waals surface area contributed by atoms with Crippen LogP contribution in [0.25, 0.3) is 0 Å². The van der Waals surface area contributed by atoms with Gasteiger partial charge in [0.15, 0.2) is 0 Å². The van der Waals surface area contributed by atoms with Crippen molar-refractivity contribution in [2.75, 3.05) is 0 Å². The fourth-order valence-electron chi connectivity index (χ4n) is 4.52. The molecule has 21 heavy (non-hydrogen) atoms. The fraction of sp³-hybridized carbons (Fsp3) is 0.875. The van der Waals surface area contributed by atoms with Gasteiger partial charge in [-0.05, 0) is 46.0 Å². The molecule has 2 bridgehead atoms. The second-order valence-electron chi connectivity index (χ2n) is 7.47. The lowest BCUT2D eigenvalue weighted by molar-refractivity contribution is -0.156. The molecule has 3 aliphatic rings. The number of fused-ring (bicyclic) bond motifs is 5. The smallest absolute Gasteiger partial charge is 0.322 e. The molecule has 0 aromatic rings. The van der Waals surface area contributed by atoms with Gasteiger partial charge in [0.05, 0.1) is 5.92 Å². The third-order valence-corrected chi connectivity index (χ3v) is 6.93. The van der Waals surface area contributed by atoms with Crippen LogP contribution in [0.3, 0.4) is 0 Å². The van der Waals surface area contributed by atoms with Crippen molar-refractivity contribution in [3.63, 3.8) is 0 Å². The van der Waals surface area contributed by atoms with E-state index in [2.05, 4.69) is 22.6 Å². The average molecular weight is 406 g/mol. The summed E-state index contributed by atoms with van der Waals surface area (Å²) in [7, 11) is 0. The molecule has 2 aliphatic carbocycles. The molecule has 2 saturated carbocycles. The Balaban J connectivity index is 1.76. The van der Waals surface area contributed by atoms with Crippen LogP contribution in [0.2, 0.25) is 0 Å². The number of carbonyl (C=O) groups is 2. The highest BCUT2D eigenvalue weighted by atomic mass is 127. The maximum atomic E-state index is 12.3. The fourth-order valence-corrected chi connectivity index (χ4v) is 4.65. The minimum Gasteiger partial charge on any atom is -0.461 e. The molecule has 1 heterocycles. The number of carbonyl (C=O) groups excluding carboxylic acids is 2. The highest BCUT2D eigenvalue weighted by Crippen LogP contribution is 2.61. The van der Waals surface area contributed by atoms with E-state index in [0.29, 0.717) is 5.92 Å². The highest BCUT2D eigenvalue weighted by molar-refractivity contribution is 14.1. The highest BCUT2D eigenvalue weighted by Gasteiger charge is 2.66. The number of hydrogen-bond donors (Lipinski definition) is 0. The van der Waals surface area contributed by atoms with Gasteiger partial charge in [-0.1, -0.05) is 29.5 Å². The second kappa shape index (κ2) is 4.83. The molecular weight excluding hydrogens is 383 g/mol. The van der Waals surface area contributed by atoms with Gasteiger partial charge in [-0.15, -0.1) is 0 Å². The molecule has 6 atom stereocenters. The third kappa shape index (κ3) is 2.30. The predicted octanol–water partition coefficient (Wildman–Crippen LogP) is 3.11. The summed E-state index contributed by atoms with van der Waals surface area (Å²) in [6.45, 7) is 7.89. The number of esters is 2. The van der Waals surface area contributed by atoms with Crippen LogP contribution < -0.4 is 0 Å². The molecule has 0 radical (unpaired) electrons. The second-order valence-corrected chi connectivity index (χ2v) is 9.85. The van der Waals surface area contributed by atoms with Crippen molar-refractivity contribution < 1.29 is 19.1 Å². The molecule has 0 aromatic heterocycles. The third-order valence-electron chi connectivity index (χ3n) is 5.73. The van der Waals surface area contributed by atoms with Gasteiger partial charge in [0, 0.05) is 11.8 Å². The van der Waals surface area contributed by atoms with E-state index in [1.54, 1.807) is 0 Å². The minimum atomic E-state index is -0.462. The Morgan fingerprint density at radius 3 is 2.76 bits per heavy atom. The lowest BCUT2D eigenvalue weighted by atomic mass is 9.72. The molecule has 0 spiro atoms. The molecule has 0 amide bonds. The Morgan fingerprint density at radius 2 is 2.14 bits per heavy atom. The molecule has 0 aromatic carbocycles. The van der Waals surface area contributed by atoms with E-state index in [1.165, 1.54) is 0 Å². The summed E-state index contributed by atoms with van der Waals surface area (Å²) >= 11 is 2.17. The number of ether oxygens (including phenoxy) is 2. The maximum absolute atomic E-state index is 12.3. The van der Waals surface area contributed by atoms with Crippen LogP contribution >= 0.6 is 22.6 Å². The molecule has 5 heteroatoms. The quantitative estimate of drug-likeness (QED) is 0.411. The Morgan fingerprint density at radius 1 is 1.48 bits per heavy atom. The summed E-state index contributed by atoms with van der Waals surface area (Å²) in [5.74, 6) is 0.654. The minimum absolute atomic E-state index is 0.0251. The molecule has 3 rings (SSSR count). The number of hydrogen-bond acceptors (Lipinski definition) is 4. The van der Waals surface area contributed by atoms with Gasteiger partial charge in [-0.3, -0.25) is 9.59 Å². The summed E-state index contributed by atoms with van der Waals surface area (Å²) in [5, 5.41) is 0. The first kappa shape index (κ1) is 15.6. The van der Waals surface area contributed by atoms with E-state index < -0.39 is 9.02 Å². The molecular formula is C16H23IO4. The Labute approximate surface area is 139 Å². The number of halogens is 1. The van der Waals surface area contributed by atoms with E-state index in [0.717, 1.165) is 19.3 Å². The van der Waals surface area contributed by atoms with Crippen molar-refractivity contribution in [1.82, 2.24) is 0 Å². The Kier molecular flexibility index (Phi) is 3.58. The van der Waals surface area contributed by atoms with Crippen LogP contribution in [0, 0.1) is 23.7 Å². The van der Waals surface area contributed by atoms with Gasteiger partial charge in [0.25, 0.3) is 0 Å². The molecule has 1 saturated heterocycles. The van der Waals surface area contributed by atoms with Crippen molar-refractivity contribution >= 4 is 34.5 Å². The summed E-state index contributed by atoms with van der Waals surface area (Å²) < 4.78 is 10.9. The predicted molar refractivity (Wildman–Crippen MR) is 86.0 cm³/mol. The number of rotatable bonds is 3. The van der Waals surface area contributed by atoms with Gasteiger partial charge < -0.3 is 9.47 Å². The average Bonchev–Trinajstić information content (AvgIpc) is 3.01. The lowest BCUT2D eigenvalue weighted by Gasteiger charge is -2.35. The molecule has 0 N–H and O–H groups in total. The Bertz CT molecular complexity index is 485. The first-order valence-electron chi connectivity index (χ1n) is 7.80. The van der Waals surface area contributed by atoms with Crippen molar-refractivity contribution in [3.8, 4) is 0 Å². The summed E-state index contributed by atoms with van der Waals surface area (Å²) in [4.78, 5) is 24.4. The van der Waals surface area contributed by atoms with E-state index >= 15 is 0 Å². The van der Waals surface area contributed by atoms with Gasteiger partial charge in [0.2, 0.25) is 0 Å². The maximum Gasteiger partial charge on any atom is 0.322 e. The Hall–Kier alpha value is -0.330. The van der Waals surface area contributed by atoms with Gasteiger partial charge in [0.1, 0.15) is 15.1 Å². The van der Waals surface area contributed by atoms with Crippen LogP contribution in [-0.2, 0) is 19.1 Å². The van der Waals surface area contributed by atoms with Crippen LogP contribution in [0.4, 0.5) is 0 Å². The van der Waals surface area contributed by atoms with E-state index in [9.17, 15) is 9.59 Å². The number of alkyl halides is 1. The first-order chi connectivity index (χ1) is 9.67. The van der Waals surface area contributed by atoms with Gasteiger partial charge in [-0.25, -0.2) is 0 Å². The zero-order valence-corrected chi connectivity index (χ0v) is 15.2. The zero-order valence-electron chi connectivity index (χ0n) is 13.0. The zero-order chi connectivity index (χ0) is 15.6.